The van der Waals surface area contributed by atoms with Crippen molar-refractivity contribution in [3.8, 4) is 11.4 Å². The van der Waals surface area contributed by atoms with E-state index in [1.54, 1.807) is 12.5 Å². The number of aromatic nitrogens is 2. The summed E-state index contributed by atoms with van der Waals surface area (Å²) in [5, 5.41) is 3.08. The maximum absolute atomic E-state index is 5.04. The molecule has 4 nitrogen and oxygen atoms in total. The van der Waals surface area contributed by atoms with E-state index < -0.39 is 0 Å². The topological polar surface area (TPSA) is 51.0 Å². The van der Waals surface area contributed by atoms with Gasteiger partial charge in [0, 0.05) is 7.05 Å². The average molecular weight is 329 g/mol. The molecule has 0 fully saturated rings. The van der Waals surface area contributed by atoms with E-state index in [0.717, 1.165) is 27.1 Å². The summed E-state index contributed by atoms with van der Waals surface area (Å²) in [5.74, 6) is 1.57. The van der Waals surface area contributed by atoms with Gasteiger partial charge < -0.3 is 9.73 Å². The van der Waals surface area contributed by atoms with E-state index in [4.69, 9.17) is 4.42 Å². The summed E-state index contributed by atoms with van der Waals surface area (Å²) in [6, 6.07) is 1.86. The van der Waals surface area contributed by atoms with Gasteiger partial charge in [-0.1, -0.05) is 6.92 Å². The number of hydrogen-bond acceptors (Lipinski definition) is 4. The van der Waals surface area contributed by atoms with Gasteiger partial charge in [0.2, 0.25) is 0 Å². The molecule has 0 aliphatic carbocycles. The minimum absolute atomic E-state index is 0.704. The van der Waals surface area contributed by atoms with Crippen LogP contribution in [0.5, 0.6) is 0 Å². The van der Waals surface area contributed by atoms with Crippen molar-refractivity contribution in [2.75, 3.05) is 12.4 Å². The van der Waals surface area contributed by atoms with Gasteiger partial charge in [0.1, 0.15) is 12.1 Å². The molecule has 2 heterocycles. The highest BCUT2D eigenvalue weighted by atomic mass is 127. The molecule has 0 atom stereocenters. The van der Waals surface area contributed by atoms with E-state index in [0.29, 0.717) is 5.82 Å². The maximum atomic E-state index is 5.04. The van der Waals surface area contributed by atoms with Crippen LogP contribution in [-0.4, -0.2) is 17.0 Å². The molecule has 2 rings (SSSR count). The van der Waals surface area contributed by atoms with E-state index in [9.17, 15) is 0 Å². The smallest absolute Gasteiger partial charge is 0.165 e. The van der Waals surface area contributed by atoms with Crippen molar-refractivity contribution >= 4 is 28.4 Å². The van der Waals surface area contributed by atoms with Crippen molar-refractivity contribution in [2.24, 2.45) is 0 Å². The minimum atomic E-state index is 0.704. The molecule has 1 N–H and O–H groups in total. The Balaban J connectivity index is 2.56. The van der Waals surface area contributed by atoms with E-state index >= 15 is 0 Å². The van der Waals surface area contributed by atoms with E-state index in [1.807, 2.05) is 13.1 Å². The van der Waals surface area contributed by atoms with Crippen LogP contribution in [0.3, 0.4) is 0 Å². The number of halogens is 1. The van der Waals surface area contributed by atoms with Gasteiger partial charge >= 0.3 is 0 Å². The summed E-state index contributed by atoms with van der Waals surface area (Å²) in [5.41, 5.74) is 1.96. The van der Waals surface area contributed by atoms with Gasteiger partial charge in [0.15, 0.2) is 5.82 Å². The second kappa shape index (κ2) is 4.82. The lowest BCUT2D eigenvalue weighted by Crippen LogP contribution is -2.04. The molecule has 0 aromatic carbocycles. The Kier molecular flexibility index (Phi) is 3.42. The molecule has 0 unspecified atom stereocenters. The second-order valence-electron chi connectivity index (χ2n) is 3.27. The molecule has 0 aliphatic rings. The molecule has 0 radical (unpaired) electrons. The van der Waals surface area contributed by atoms with E-state index in [2.05, 4.69) is 44.8 Å². The highest BCUT2D eigenvalue weighted by Crippen LogP contribution is 2.24. The van der Waals surface area contributed by atoms with Crippen molar-refractivity contribution in [2.45, 2.75) is 13.3 Å². The number of aryl methyl sites for hydroxylation is 1. The third kappa shape index (κ3) is 2.04. The van der Waals surface area contributed by atoms with Crippen LogP contribution in [0.25, 0.3) is 11.4 Å². The second-order valence-corrected chi connectivity index (χ2v) is 4.35. The number of rotatable bonds is 3. The summed E-state index contributed by atoms with van der Waals surface area (Å²) < 4.78 is 6.12. The quantitative estimate of drug-likeness (QED) is 0.880. The van der Waals surface area contributed by atoms with Crippen molar-refractivity contribution in [3.63, 3.8) is 0 Å². The first-order valence-electron chi connectivity index (χ1n) is 5.03. The third-order valence-electron chi connectivity index (χ3n) is 2.27. The first kappa shape index (κ1) is 11.4. The maximum Gasteiger partial charge on any atom is 0.165 e. The zero-order chi connectivity index (χ0) is 11.5. The Bertz CT molecular complexity index is 457. The molecular formula is C11H12IN3O. The molecule has 0 spiro atoms. The Hall–Kier alpha value is -1.11. The molecular weight excluding hydrogens is 317 g/mol. The number of hydrogen-bond donors (Lipinski definition) is 1. The lowest BCUT2D eigenvalue weighted by molar-refractivity contribution is 0.568. The Morgan fingerprint density at radius 2 is 2.25 bits per heavy atom. The highest BCUT2D eigenvalue weighted by Gasteiger charge is 2.11. The van der Waals surface area contributed by atoms with Gasteiger partial charge in [-0.05, 0) is 35.1 Å². The molecule has 0 bridgehead atoms. The van der Waals surface area contributed by atoms with Gasteiger partial charge in [-0.3, -0.25) is 0 Å². The minimum Gasteiger partial charge on any atom is -0.472 e. The van der Waals surface area contributed by atoms with E-state index in [-0.39, 0.29) is 0 Å². The van der Waals surface area contributed by atoms with Crippen molar-refractivity contribution in [3.05, 3.63) is 27.9 Å². The standard InChI is InChI=1S/C11H12IN3O/c1-3-8-9(12)11(13-2)15-10(14-8)7-4-5-16-6-7/h4-6H,3H2,1-2H3,(H,13,14,15). The van der Waals surface area contributed by atoms with Gasteiger partial charge in [-0.15, -0.1) is 0 Å². The molecule has 0 amide bonds. The van der Waals surface area contributed by atoms with Crippen LogP contribution in [-0.2, 0) is 6.42 Å². The predicted octanol–water partition coefficient (Wildman–Crippen LogP) is 2.95. The van der Waals surface area contributed by atoms with Crippen LogP contribution in [0.2, 0.25) is 0 Å². The monoisotopic (exact) mass is 329 g/mol. The molecule has 5 heteroatoms. The first-order valence-corrected chi connectivity index (χ1v) is 6.10. The van der Waals surface area contributed by atoms with Gasteiger partial charge in [-0.25, -0.2) is 9.97 Å². The SMILES string of the molecule is CCc1nc(-c2ccoc2)nc(NC)c1I. The fourth-order valence-corrected chi connectivity index (χ4v) is 2.31. The Labute approximate surface area is 108 Å². The summed E-state index contributed by atoms with van der Waals surface area (Å²) >= 11 is 2.26. The molecule has 0 saturated carbocycles. The fourth-order valence-electron chi connectivity index (χ4n) is 1.41. The Morgan fingerprint density at radius 3 is 2.81 bits per heavy atom. The molecule has 2 aromatic rings. The lowest BCUT2D eigenvalue weighted by Gasteiger charge is -2.08. The zero-order valence-corrected chi connectivity index (χ0v) is 11.3. The zero-order valence-electron chi connectivity index (χ0n) is 9.12. The summed E-state index contributed by atoms with van der Waals surface area (Å²) in [7, 11) is 1.86. The number of anilines is 1. The lowest BCUT2D eigenvalue weighted by atomic mass is 10.2. The van der Waals surface area contributed by atoms with Crippen molar-refractivity contribution < 1.29 is 4.42 Å². The molecule has 0 aliphatic heterocycles. The molecule has 0 saturated heterocycles. The van der Waals surface area contributed by atoms with E-state index in [1.165, 1.54) is 0 Å². The number of furan rings is 1. The van der Waals surface area contributed by atoms with Crippen LogP contribution in [0.4, 0.5) is 5.82 Å². The normalized spacial score (nSPS) is 10.4. The van der Waals surface area contributed by atoms with Gasteiger partial charge in [0.05, 0.1) is 21.1 Å². The van der Waals surface area contributed by atoms with Crippen LogP contribution in [0.1, 0.15) is 12.6 Å². The van der Waals surface area contributed by atoms with Gasteiger partial charge in [0.25, 0.3) is 0 Å². The van der Waals surface area contributed by atoms with Crippen LogP contribution in [0.15, 0.2) is 23.0 Å². The van der Waals surface area contributed by atoms with Gasteiger partial charge in [-0.2, -0.15) is 0 Å². The largest absolute Gasteiger partial charge is 0.472 e. The molecule has 16 heavy (non-hydrogen) atoms. The Morgan fingerprint density at radius 1 is 1.44 bits per heavy atom. The fraction of sp³-hybridized carbons (Fsp3) is 0.273. The third-order valence-corrected chi connectivity index (χ3v) is 3.40. The summed E-state index contributed by atoms with van der Waals surface area (Å²) in [6.45, 7) is 2.09. The predicted molar refractivity (Wildman–Crippen MR) is 71.4 cm³/mol. The number of nitrogens with zero attached hydrogens (tertiary/aromatic N) is 2. The van der Waals surface area contributed by atoms with Crippen LogP contribution in [0, 0.1) is 3.57 Å². The molecule has 84 valence electrons. The number of nitrogens with one attached hydrogen (secondary N) is 1. The summed E-state index contributed by atoms with van der Waals surface area (Å²) in [6.07, 6.45) is 4.17. The molecule has 2 aromatic heterocycles. The highest BCUT2D eigenvalue weighted by molar-refractivity contribution is 14.1. The first-order chi connectivity index (χ1) is 7.76. The van der Waals surface area contributed by atoms with Crippen LogP contribution < -0.4 is 5.32 Å². The summed E-state index contributed by atoms with van der Waals surface area (Å²) in [4.78, 5) is 8.98. The van der Waals surface area contributed by atoms with Crippen molar-refractivity contribution in [1.29, 1.82) is 0 Å². The average Bonchev–Trinajstić information content (AvgIpc) is 2.83. The van der Waals surface area contributed by atoms with Crippen LogP contribution >= 0.6 is 22.6 Å². The van der Waals surface area contributed by atoms with Crippen molar-refractivity contribution in [1.82, 2.24) is 9.97 Å².